The largest absolute Gasteiger partial charge is 0.484 e. The van der Waals surface area contributed by atoms with Gasteiger partial charge in [0, 0.05) is 0 Å². The highest BCUT2D eigenvalue weighted by Gasteiger charge is 2.21. The zero-order chi connectivity index (χ0) is 18.8. The lowest BCUT2D eigenvalue weighted by Crippen LogP contribution is -2.46. The van der Waals surface area contributed by atoms with Gasteiger partial charge in [-0.25, -0.2) is 4.39 Å². The molecule has 1 atom stereocenters. The van der Waals surface area contributed by atoms with E-state index in [1.54, 1.807) is 48.2 Å². The third-order valence-corrected chi connectivity index (χ3v) is 4.15. The second-order valence-corrected chi connectivity index (χ2v) is 6.46. The van der Waals surface area contributed by atoms with Crippen LogP contribution < -0.4 is 15.4 Å². The molecule has 0 aliphatic heterocycles. The summed E-state index contributed by atoms with van der Waals surface area (Å²) in [6, 6.07) is 14.1. The molecule has 0 spiro atoms. The van der Waals surface area contributed by atoms with E-state index in [1.165, 1.54) is 12.1 Å². The lowest BCUT2D eigenvalue weighted by Gasteiger charge is -2.18. The first-order chi connectivity index (χ1) is 12.6. The summed E-state index contributed by atoms with van der Waals surface area (Å²) >= 11 is 1.56. The molecule has 0 fully saturated rings. The lowest BCUT2D eigenvalue weighted by atomic mass is 10.2. The Hall–Kier alpha value is -2.54. The first-order valence-electron chi connectivity index (χ1n) is 8.11. The number of para-hydroxylation sites is 2. The van der Waals surface area contributed by atoms with Crippen LogP contribution in [0.3, 0.4) is 0 Å². The van der Waals surface area contributed by atoms with Crippen LogP contribution in [0.15, 0.2) is 54.6 Å². The van der Waals surface area contributed by atoms with E-state index in [0.717, 1.165) is 0 Å². The summed E-state index contributed by atoms with van der Waals surface area (Å²) in [4.78, 5) is 24.6. The number of hydrogen-bond acceptors (Lipinski definition) is 4. The quantitative estimate of drug-likeness (QED) is 0.706. The van der Waals surface area contributed by atoms with E-state index < -0.39 is 23.7 Å². The number of rotatable bonds is 9. The number of carbonyl (C=O) groups is 2. The maximum atomic E-state index is 13.7. The molecular weight excluding hydrogens is 355 g/mol. The minimum atomic E-state index is -0.770. The van der Waals surface area contributed by atoms with Crippen LogP contribution in [0, 0.1) is 5.82 Å². The molecule has 2 aromatic rings. The monoisotopic (exact) mass is 376 g/mol. The van der Waals surface area contributed by atoms with Crippen molar-refractivity contribution in [2.24, 2.45) is 0 Å². The van der Waals surface area contributed by atoms with Gasteiger partial charge in [0.1, 0.15) is 17.6 Å². The van der Waals surface area contributed by atoms with Crippen LogP contribution in [0.2, 0.25) is 0 Å². The predicted molar refractivity (Wildman–Crippen MR) is 102 cm³/mol. The smallest absolute Gasteiger partial charge is 0.258 e. The molecule has 7 heteroatoms. The second kappa shape index (κ2) is 10.5. The van der Waals surface area contributed by atoms with Crippen molar-refractivity contribution in [1.82, 2.24) is 5.32 Å². The molecule has 0 aliphatic rings. The Morgan fingerprint density at radius 2 is 1.81 bits per heavy atom. The van der Waals surface area contributed by atoms with Gasteiger partial charge in [0.05, 0.1) is 5.69 Å². The molecule has 0 radical (unpaired) electrons. The van der Waals surface area contributed by atoms with Gasteiger partial charge in [0.15, 0.2) is 6.61 Å². The standard InChI is InChI=1S/C19H21FN2O3S/c1-26-12-11-17(19(24)22-16-10-6-5-9-15(16)20)21-18(23)13-25-14-7-3-2-4-8-14/h2-10,17H,11-13H2,1H3,(H,21,23)(H,22,24). The first kappa shape index (κ1) is 19.8. The van der Waals surface area contributed by atoms with Crippen LogP contribution in [0.4, 0.5) is 10.1 Å². The topological polar surface area (TPSA) is 67.4 Å². The molecule has 5 nitrogen and oxygen atoms in total. The van der Waals surface area contributed by atoms with E-state index in [1.807, 2.05) is 12.3 Å². The molecular formula is C19H21FN2O3S. The van der Waals surface area contributed by atoms with E-state index in [9.17, 15) is 14.0 Å². The fraction of sp³-hybridized carbons (Fsp3) is 0.263. The lowest BCUT2D eigenvalue weighted by molar-refractivity contribution is -0.127. The van der Waals surface area contributed by atoms with E-state index in [2.05, 4.69) is 10.6 Å². The number of carbonyl (C=O) groups excluding carboxylic acids is 2. The summed E-state index contributed by atoms with van der Waals surface area (Å²) in [6.07, 6.45) is 2.34. The summed E-state index contributed by atoms with van der Waals surface area (Å²) in [5.74, 6) is -0.155. The number of nitrogens with one attached hydrogen (secondary N) is 2. The Kier molecular flexibility index (Phi) is 7.95. The van der Waals surface area contributed by atoms with Crippen LogP contribution in [-0.2, 0) is 9.59 Å². The highest BCUT2D eigenvalue weighted by molar-refractivity contribution is 7.98. The maximum Gasteiger partial charge on any atom is 0.258 e. The third-order valence-electron chi connectivity index (χ3n) is 3.51. The summed E-state index contributed by atoms with van der Waals surface area (Å²) < 4.78 is 19.1. The van der Waals surface area contributed by atoms with Crippen molar-refractivity contribution in [3.8, 4) is 5.75 Å². The van der Waals surface area contributed by atoms with Crippen LogP contribution in [-0.4, -0.2) is 36.5 Å². The number of thioether (sulfide) groups is 1. The van der Waals surface area contributed by atoms with Gasteiger partial charge in [0.25, 0.3) is 5.91 Å². The summed E-state index contributed by atoms with van der Waals surface area (Å²) in [5, 5.41) is 5.17. The van der Waals surface area contributed by atoms with Gasteiger partial charge in [0.2, 0.25) is 5.91 Å². The highest BCUT2D eigenvalue weighted by atomic mass is 32.2. The Morgan fingerprint density at radius 3 is 2.50 bits per heavy atom. The second-order valence-electron chi connectivity index (χ2n) is 5.47. The Balaban J connectivity index is 1.93. The fourth-order valence-electron chi connectivity index (χ4n) is 2.19. The van der Waals surface area contributed by atoms with Gasteiger partial charge in [-0.15, -0.1) is 0 Å². The molecule has 0 bridgehead atoms. The number of amides is 2. The van der Waals surface area contributed by atoms with Gasteiger partial charge in [-0.3, -0.25) is 9.59 Å². The van der Waals surface area contributed by atoms with Crippen LogP contribution in [0.1, 0.15) is 6.42 Å². The highest BCUT2D eigenvalue weighted by Crippen LogP contribution is 2.14. The molecule has 2 amide bonds. The molecule has 0 heterocycles. The van der Waals surface area contributed by atoms with Crippen LogP contribution in [0.25, 0.3) is 0 Å². The Labute approximate surface area is 156 Å². The minimum absolute atomic E-state index is 0.0847. The molecule has 2 N–H and O–H groups in total. The molecule has 0 aliphatic carbocycles. The van der Waals surface area contributed by atoms with Gasteiger partial charge < -0.3 is 15.4 Å². The molecule has 138 valence electrons. The van der Waals surface area contributed by atoms with Crippen molar-refractivity contribution in [2.45, 2.75) is 12.5 Å². The number of hydrogen-bond donors (Lipinski definition) is 2. The minimum Gasteiger partial charge on any atom is -0.484 e. The SMILES string of the molecule is CSCCC(NC(=O)COc1ccccc1)C(=O)Nc1ccccc1F. The molecule has 0 saturated carbocycles. The van der Waals surface area contributed by atoms with E-state index in [4.69, 9.17) is 4.74 Å². The predicted octanol–water partition coefficient (Wildman–Crippen LogP) is 3.08. The van der Waals surface area contributed by atoms with Crippen molar-refractivity contribution in [1.29, 1.82) is 0 Å². The molecule has 2 aromatic carbocycles. The average Bonchev–Trinajstić information content (AvgIpc) is 2.66. The molecule has 2 rings (SSSR count). The van der Waals surface area contributed by atoms with Gasteiger partial charge >= 0.3 is 0 Å². The van der Waals surface area contributed by atoms with Crippen molar-refractivity contribution < 1.29 is 18.7 Å². The van der Waals surface area contributed by atoms with Crippen LogP contribution in [0.5, 0.6) is 5.75 Å². The zero-order valence-corrected chi connectivity index (χ0v) is 15.2. The summed E-state index contributed by atoms with van der Waals surface area (Å²) in [7, 11) is 0. The van der Waals surface area contributed by atoms with E-state index in [-0.39, 0.29) is 12.3 Å². The first-order valence-corrected chi connectivity index (χ1v) is 9.51. The Bertz CT molecular complexity index is 728. The average molecular weight is 376 g/mol. The third kappa shape index (κ3) is 6.40. The van der Waals surface area contributed by atoms with Crippen LogP contribution >= 0.6 is 11.8 Å². The number of benzene rings is 2. The fourth-order valence-corrected chi connectivity index (χ4v) is 2.66. The van der Waals surface area contributed by atoms with Gasteiger partial charge in [-0.1, -0.05) is 30.3 Å². The summed E-state index contributed by atoms with van der Waals surface area (Å²) in [5.41, 5.74) is 0.0847. The van der Waals surface area contributed by atoms with E-state index >= 15 is 0 Å². The van der Waals surface area contributed by atoms with Crippen molar-refractivity contribution in [2.75, 3.05) is 23.9 Å². The molecule has 0 aromatic heterocycles. The number of ether oxygens (including phenoxy) is 1. The van der Waals surface area contributed by atoms with Crippen molar-refractivity contribution in [3.63, 3.8) is 0 Å². The number of anilines is 1. The van der Waals surface area contributed by atoms with Crippen molar-refractivity contribution in [3.05, 3.63) is 60.4 Å². The summed E-state index contributed by atoms with van der Waals surface area (Å²) in [6.45, 7) is -0.202. The Morgan fingerprint density at radius 1 is 1.12 bits per heavy atom. The zero-order valence-electron chi connectivity index (χ0n) is 14.4. The maximum absolute atomic E-state index is 13.7. The van der Waals surface area contributed by atoms with Crippen molar-refractivity contribution >= 4 is 29.3 Å². The molecule has 0 saturated heterocycles. The normalized spacial score (nSPS) is 11.5. The van der Waals surface area contributed by atoms with E-state index in [0.29, 0.717) is 17.9 Å². The van der Waals surface area contributed by atoms with Gasteiger partial charge in [-0.05, 0) is 42.7 Å². The molecule has 1 unspecified atom stereocenters. The number of halogens is 1. The molecule has 26 heavy (non-hydrogen) atoms. The van der Waals surface area contributed by atoms with Gasteiger partial charge in [-0.2, -0.15) is 11.8 Å².